The van der Waals surface area contributed by atoms with Crippen molar-refractivity contribution in [1.29, 1.82) is 0 Å². The fourth-order valence-corrected chi connectivity index (χ4v) is 0.764. The lowest BCUT2D eigenvalue weighted by Gasteiger charge is -2.17. The van der Waals surface area contributed by atoms with E-state index >= 15 is 0 Å². The maximum Gasteiger partial charge on any atom is 0.294 e. The van der Waals surface area contributed by atoms with E-state index in [1.165, 1.54) is 11.8 Å². The second kappa shape index (κ2) is 5.34. The number of carbonyl (C=O) groups is 1. The number of nitrogens with zero attached hydrogens (tertiary/aromatic N) is 2. The first-order valence-corrected chi connectivity index (χ1v) is 3.60. The van der Waals surface area contributed by atoms with Crippen molar-refractivity contribution in [3.05, 3.63) is 10.1 Å². The Bertz CT molecular complexity index is 171. The molecule has 0 heterocycles. The largest absolute Gasteiger partial charge is 0.341 e. The Morgan fingerprint density at radius 3 is 2.58 bits per heavy atom. The van der Waals surface area contributed by atoms with Gasteiger partial charge in [0, 0.05) is 20.0 Å². The Balaban J connectivity index is 3.59. The van der Waals surface area contributed by atoms with Gasteiger partial charge in [0.15, 0.2) is 0 Å². The number of hydrogen-bond donors (Lipinski definition) is 0. The fourth-order valence-electron chi connectivity index (χ4n) is 0.764. The van der Waals surface area contributed by atoms with Crippen LogP contribution in [-0.4, -0.2) is 35.6 Å². The molecule has 0 atom stereocenters. The van der Waals surface area contributed by atoms with E-state index in [1.54, 1.807) is 6.92 Å². The maximum atomic E-state index is 10.8. The molecule has 0 saturated heterocycles. The van der Waals surface area contributed by atoms with E-state index in [4.69, 9.17) is 0 Å². The molecule has 0 aliphatic rings. The Morgan fingerprint density at radius 1 is 1.67 bits per heavy atom. The van der Waals surface area contributed by atoms with Crippen LogP contribution in [0.1, 0.15) is 13.8 Å². The number of amides is 1. The summed E-state index contributed by atoms with van der Waals surface area (Å²) in [6, 6.07) is 0. The number of likely N-dealkylation sites (N-methyl/N-ethyl adjacent to an activating group) is 1. The third-order valence-corrected chi connectivity index (χ3v) is 1.38. The summed E-state index contributed by atoms with van der Waals surface area (Å²) < 4.78 is 0. The highest BCUT2D eigenvalue weighted by molar-refractivity contribution is 5.73. The summed E-state index contributed by atoms with van der Waals surface area (Å²) in [4.78, 5) is 26.0. The van der Waals surface area contributed by atoms with Crippen molar-refractivity contribution in [2.75, 3.05) is 19.7 Å². The third kappa shape index (κ3) is 4.48. The smallest absolute Gasteiger partial charge is 0.294 e. The van der Waals surface area contributed by atoms with Crippen LogP contribution < -0.4 is 0 Å². The summed E-state index contributed by atoms with van der Waals surface area (Å²) in [5.41, 5.74) is 0. The first kappa shape index (κ1) is 10.7. The maximum absolute atomic E-state index is 10.8. The molecule has 0 aromatic heterocycles. The van der Waals surface area contributed by atoms with Crippen molar-refractivity contribution in [3.8, 4) is 0 Å². The molecule has 6 nitrogen and oxygen atoms in total. The molecule has 0 aromatic carbocycles. The molecule has 0 rings (SSSR count). The molecular formula is C6H12N2O4. The number of hydrogen-bond acceptors (Lipinski definition) is 4. The zero-order valence-corrected chi connectivity index (χ0v) is 7.15. The minimum atomic E-state index is -0.867. The van der Waals surface area contributed by atoms with Crippen molar-refractivity contribution in [1.82, 2.24) is 4.90 Å². The quantitative estimate of drug-likeness (QED) is 0.438. The molecule has 1 amide bonds. The van der Waals surface area contributed by atoms with Gasteiger partial charge in [-0.1, -0.05) is 0 Å². The number of rotatable bonds is 5. The van der Waals surface area contributed by atoms with Gasteiger partial charge < -0.3 is 9.74 Å². The first-order chi connectivity index (χ1) is 5.57. The minimum absolute atomic E-state index is 0.0690. The SMILES string of the molecule is CCN(CCO[N+](=O)[O-])C(C)=O. The Kier molecular flexibility index (Phi) is 4.75. The molecule has 12 heavy (non-hydrogen) atoms. The van der Waals surface area contributed by atoms with E-state index < -0.39 is 5.09 Å². The molecule has 0 unspecified atom stereocenters. The average molecular weight is 176 g/mol. The fraction of sp³-hybridized carbons (Fsp3) is 0.833. The molecule has 70 valence electrons. The molecule has 0 aliphatic carbocycles. The van der Waals surface area contributed by atoms with Gasteiger partial charge in [-0.2, -0.15) is 0 Å². The highest BCUT2D eigenvalue weighted by Gasteiger charge is 2.05. The van der Waals surface area contributed by atoms with Gasteiger partial charge in [-0.3, -0.25) is 4.79 Å². The summed E-state index contributed by atoms with van der Waals surface area (Å²) in [5.74, 6) is -0.107. The van der Waals surface area contributed by atoms with Crippen LogP contribution in [0.5, 0.6) is 0 Å². The highest BCUT2D eigenvalue weighted by Crippen LogP contribution is 1.88. The van der Waals surface area contributed by atoms with Crippen LogP contribution >= 0.6 is 0 Å². The van der Waals surface area contributed by atoms with Crippen LogP contribution in [0.25, 0.3) is 0 Å². The summed E-state index contributed by atoms with van der Waals surface area (Å²) in [5, 5.41) is 8.85. The van der Waals surface area contributed by atoms with E-state index in [0.29, 0.717) is 6.54 Å². The minimum Gasteiger partial charge on any atom is -0.341 e. The second-order valence-electron chi connectivity index (χ2n) is 2.16. The molecule has 0 spiro atoms. The van der Waals surface area contributed by atoms with Crippen molar-refractivity contribution < 1.29 is 14.7 Å². The molecule has 0 N–H and O–H groups in total. The predicted molar refractivity (Wildman–Crippen MR) is 40.9 cm³/mol. The lowest BCUT2D eigenvalue weighted by molar-refractivity contribution is -0.757. The summed E-state index contributed by atoms with van der Waals surface area (Å²) in [7, 11) is 0. The average Bonchev–Trinajstić information content (AvgIpc) is 1.96. The number of carbonyl (C=O) groups excluding carboxylic acids is 1. The van der Waals surface area contributed by atoms with E-state index in [9.17, 15) is 14.9 Å². The van der Waals surface area contributed by atoms with Crippen molar-refractivity contribution in [2.45, 2.75) is 13.8 Å². The van der Waals surface area contributed by atoms with Crippen molar-refractivity contribution >= 4 is 5.91 Å². The van der Waals surface area contributed by atoms with Crippen molar-refractivity contribution in [2.24, 2.45) is 0 Å². The lowest BCUT2D eigenvalue weighted by atomic mass is 10.5. The summed E-state index contributed by atoms with van der Waals surface area (Å²) in [6.07, 6.45) is 0. The van der Waals surface area contributed by atoms with Gasteiger partial charge in [-0.05, 0) is 6.92 Å². The Morgan fingerprint density at radius 2 is 2.25 bits per heavy atom. The van der Waals surface area contributed by atoms with Gasteiger partial charge in [0.2, 0.25) is 5.91 Å². The zero-order valence-electron chi connectivity index (χ0n) is 7.15. The summed E-state index contributed by atoms with van der Waals surface area (Å²) in [6.45, 7) is 3.94. The van der Waals surface area contributed by atoms with Crippen LogP contribution in [0.15, 0.2) is 0 Å². The molecule has 0 fully saturated rings. The van der Waals surface area contributed by atoms with E-state index in [1.807, 2.05) is 0 Å². The van der Waals surface area contributed by atoms with Crippen LogP contribution in [0.4, 0.5) is 0 Å². The van der Waals surface area contributed by atoms with E-state index in [2.05, 4.69) is 4.84 Å². The molecule has 0 saturated carbocycles. The standard InChI is InChI=1S/C6H12N2O4/c1-3-7(6(2)9)4-5-12-8(10)11/h3-5H2,1-2H3. The van der Waals surface area contributed by atoms with Crippen LogP contribution in [0.2, 0.25) is 0 Å². The topological polar surface area (TPSA) is 72.7 Å². The van der Waals surface area contributed by atoms with E-state index in [-0.39, 0.29) is 19.1 Å². The molecule has 0 radical (unpaired) electrons. The normalized spacial score (nSPS) is 9.17. The molecular weight excluding hydrogens is 164 g/mol. The third-order valence-electron chi connectivity index (χ3n) is 1.38. The van der Waals surface area contributed by atoms with Gasteiger partial charge in [0.1, 0.15) is 6.61 Å². The molecule has 6 heteroatoms. The zero-order chi connectivity index (χ0) is 9.56. The lowest BCUT2D eigenvalue weighted by Crippen LogP contribution is -2.32. The van der Waals surface area contributed by atoms with Crippen LogP contribution in [-0.2, 0) is 9.63 Å². The van der Waals surface area contributed by atoms with E-state index in [0.717, 1.165) is 0 Å². The van der Waals surface area contributed by atoms with Gasteiger partial charge in [-0.15, -0.1) is 10.1 Å². The van der Waals surface area contributed by atoms with Crippen LogP contribution in [0.3, 0.4) is 0 Å². The predicted octanol–water partition coefficient (Wildman–Crippen LogP) is 0.0631. The van der Waals surface area contributed by atoms with Crippen LogP contribution in [0, 0.1) is 10.1 Å². The molecule has 0 bridgehead atoms. The molecule has 0 aromatic rings. The molecule has 0 aliphatic heterocycles. The van der Waals surface area contributed by atoms with Gasteiger partial charge >= 0.3 is 0 Å². The van der Waals surface area contributed by atoms with Crippen molar-refractivity contribution in [3.63, 3.8) is 0 Å². The monoisotopic (exact) mass is 176 g/mol. The highest BCUT2D eigenvalue weighted by atomic mass is 16.9. The first-order valence-electron chi connectivity index (χ1n) is 3.60. The Labute approximate surface area is 70.2 Å². The van der Waals surface area contributed by atoms with Gasteiger partial charge in [0.25, 0.3) is 5.09 Å². The second-order valence-corrected chi connectivity index (χ2v) is 2.16. The summed E-state index contributed by atoms with van der Waals surface area (Å²) >= 11 is 0. The van der Waals surface area contributed by atoms with Gasteiger partial charge in [0.05, 0.1) is 0 Å². The van der Waals surface area contributed by atoms with Gasteiger partial charge in [-0.25, -0.2) is 0 Å². The Hall–Kier alpha value is -1.33.